The number of phenolic OH excluding ortho intramolecular Hbond substituents is 1. The molecule has 308 valence electrons. The molecule has 0 heterocycles. The van der Waals surface area contributed by atoms with Crippen molar-refractivity contribution in [1.82, 2.24) is 26.2 Å². The predicted octanol–water partition coefficient (Wildman–Crippen LogP) is 5.14. The van der Waals surface area contributed by atoms with Gasteiger partial charge in [0.15, 0.2) is 0 Å². The highest BCUT2D eigenvalue weighted by molar-refractivity contribution is 5.98. The molecule has 0 fully saturated rings. The van der Waals surface area contributed by atoms with E-state index >= 15 is 0 Å². The third-order valence-corrected chi connectivity index (χ3v) is 9.79. The number of carboxylic acids is 1. The second-order valence-corrected chi connectivity index (χ2v) is 16.2. The normalized spacial score (nSPS) is 13.2. The average Bonchev–Trinajstić information content (AvgIpc) is 3.17. The maximum atomic E-state index is 14.5. The van der Waals surface area contributed by atoms with Crippen molar-refractivity contribution in [1.29, 1.82) is 0 Å². The fourth-order valence-corrected chi connectivity index (χ4v) is 6.46. The quantitative estimate of drug-likeness (QED) is 0.0713. The number of aromatic hydroxyl groups is 1. The molecule has 4 aromatic rings. The molecule has 4 amide bonds. The van der Waals surface area contributed by atoms with E-state index in [0.717, 1.165) is 22.3 Å². The lowest BCUT2D eigenvalue weighted by Crippen LogP contribution is -2.65. The molecule has 4 rings (SSSR count). The maximum absolute atomic E-state index is 14.5. The predicted molar refractivity (Wildman–Crippen MR) is 223 cm³/mol. The number of hydrogen-bond donors (Lipinski definition) is 6. The molecule has 0 spiro atoms. The molecule has 58 heavy (non-hydrogen) atoms. The van der Waals surface area contributed by atoms with Crippen molar-refractivity contribution in [2.45, 2.75) is 103 Å². The van der Waals surface area contributed by atoms with E-state index in [0.29, 0.717) is 13.1 Å². The van der Waals surface area contributed by atoms with Gasteiger partial charge in [-0.2, -0.15) is 0 Å². The van der Waals surface area contributed by atoms with Crippen molar-refractivity contribution in [2.75, 3.05) is 0 Å². The SMILES string of the molecule is CC(C)C[C@H](NC(=O)[C@H](Cc1ccccc1)NC(=O)C(C)(C)NC(=O)C(C)(C)NC(=O)[C@H](Cc1ccc(O)cc1)N(Cc1ccccc1)Cc1ccccc1)C(=O)O. The zero-order valence-electron chi connectivity index (χ0n) is 34.2. The van der Waals surface area contributed by atoms with Crippen LogP contribution in [0.5, 0.6) is 5.75 Å². The van der Waals surface area contributed by atoms with E-state index < -0.39 is 58.8 Å². The van der Waals surface area contributed by atoms with Crippen LogP contribution < -0.4 is 21.3 Å². The first-order valence-electron chi connectivity index (χ1n) is 19.6. The summed E-state index contributed by atoms with van der Waals surface area (Å²) in [4.78, 5) is 70.0. The van der Waals surface area contributed by atoms with Crippen molar-refractivity contribution in [3.05, 3.63) is 138 Å². The molecule has 0 radical (unpaired) electrons. The maximum Gasteiger partial charge on any atom is 0.326 e. The lowest BCUT2D eigenvalue weighted by Gasteiger charge is -2.36. The summed E-state index contributed by atoms with van der Waals surface area (Å²) in [5, 5.41) is 30.8. The number of rotatable bonds is 20. The van der Waals surface area contributed by atoms with E-state index in [-0.39, 0.29) is 30.9 Å². The molecule has 0 unspecified atom stereocenters. The monoisotopic (exact) mass is 791 g/mol. The van der Waals surface area contributed by atoms with Crippen LogP contribution in [0.1, 0.15) is 70.2 Å². The standard InChI is InChI=1S/C46H57N5O7/c1-31(2)26-38(42(55)56)47-40(53)37(27-32-16-10-7-11-17-32)48-43(57)45(3,4)50-44(58)46(5,6)49-41(54)39(28-33-22-24-36(52)25-23-33)51(29-34-18-12-8-13-19-34)30-35-20-14-9-15-21-35/h7-25,31,37-39,52H,26-30H2,1-6H3,(H,47,53)(H,48,57)(H,49,54)(H,50,58)(H,55,56)/t37-,38-,39-/m0/s1. The summed E-state index contributed by atoms with van der Waals surface area (Å²) < 4.78 is 0. The smallest absolute Gasteiger partial charge is 0.326 e. The fraction of sp³-hybridized carbons (Fsp3) is 0.370. The molecule has 0 aromatic heterocycles. The Hall–Kier alpha value is -6.01. The van der Waals surface area contributed by atoms with Gasteiger partial charge >= 0.3 is 5.97 Å². The van der Waals surface area contributed by atoms with Gasteiger partial charge in [-0.25, -0.2) is 4.79 Å². The first-order chi connectivity index (χ1) is 27.4. The minimum Gasteiger partial charge on any atom is -0.508 e. The molecule has 0 saturated carbocycles. The molecule has 0 aliphatic carbocycles. The molecule has 12 nitrogen and oxygen atoms in total. The molecule has 0 aliphatic rings. The Morgan fingerprint density at radius 1 is 0.569 bits per heavy atom. The van der Waals surface area contributed by atoms with E-state index in [1.54, 1.807) is 62.4 Å². The van der Waals surface area contributed by atoms with Crippen molar-refractivity contribution >= 4 is 29.6 Å². The number of carbonyl (C=O) groups is 5. The van der Waals surface area contributed by atoms with Crippen molar-refractivity contribution in [2.24, 2.45) is 5.92 Å². The van der Waals surface area contributed by atoms with Crippen LogP contribution in [-0.4, -0.2) is 73.9 Å². The highest BCUT2D eigenvalue weighted by Crippen LogP contribution is 2.21. The molecule has 0 bridgehead atoms. The van der Waals surface area contributed by atoms with Gasteiger partial charge in [0.2, 0.25) is 23.6 Å². The van der Waals surface area contributed by atoms with Gasteiger partial charge in [-0.3, -0.25) is 24.1 Å². The van der Waals surface area contributed by atoms with Crippen LogP contribution in [0, 0.1) is 5.92 Å². The Morgan fingerprint density at radius 2 is 1.03 bits per heavy atom. The second kappa shape index (κ2) is 20.4. The summed E-state index contributed by atoms with van der Waals surface area (Å²) in [5.74, 6) is -3.52. The third kappa shape index (κ3) is 13.6. The van der Waals surface area contributed by atoms with E-state index in [1.165, 1.54) is 13.8 Å². The molecule has 4 aromatic carbocycles. The van der Waals surface area contributed by atoms with Gasteiger partial charge in [0.1, 0.15) is 28.9 Å². The average molecular weight is 792 g/mol. The summed E-state index contributed by atoms with van der Waals surface area (Å²) >= 11 is 0. The summed E-state index contributed by atoms with van der Waals surface area (Å²) in [6.45, 7) is 10.6. The van der Waals surface area contributed by atoms with E-state index in [9.17, 15) is 34.2 Å². The summed E-state index contributed by atoms with van der Waals surface area (Å²) in [6.07, 6.45) is 0.534. The molecule has 0 saturated heterocycles. The number of benzene rings is 4. The van der Waals surface area contributed by atoms with E-state index in [4.69, 9.17) is 0 Å². The lowest BCUT2D eigenvalue weighted by molar-refractivity contribution is -0.143. The lowest BCUT2D eigenvalue weighted by atomic mass is 9.96. The minimum atomic E-state index is -1.57. The number of phenols is 1. The van der Waals surface area contributed by atoms with Gasteiger partial charge in [0, 0.05) is 19.5 Å². The van der Waals surface area contributed by atoms with Crippen LogP contribution >= 0.6 is 0 Å². The van der Waals surface area contributed by atoms with Gasteiger partial charge in [0.25, 0.3) is 0 Å². The topological polar surface area (TPSA) is 177 Å². The number of hydrogen-bond acceptors (Lipinski definition) is 7. The van der Waals surface area contributed by atoms with E-state index in [2.05, 4.69) is 21.3 Å². The first-order valence-corrected chi connectivity index (χ1v) is 19.6. The van der Waals surface area contributed by atoms with Crippen LogP contribution in [-0.2, 0) is 49.9 Å². The van der Waals surface area contributed by atoms with Gasteiger partial charge in [-0.05, 0) is 80.8 Å². The Labute approximate surface area is 341 Å². The van der Waals surface area contributed by atoms with Crippen LogP contribution in [0.15, 0.2) is 115 Å². The fourth-order valence-electron chi connectivity index (χ4n) is 6.46. The highest BCUT2D eigenvalue weighted by atomic mass is 16.4. The largest absolute Gasteiger partial charge is 0.508 e. The van der Waals surface area contributed by atoms with Gasteiger partial charge < -0.3 is 31.5 Å². The summed E-state index contributed by atoms with van der Waals surface area (Å²) in [7, 11) is 0. The summed E-state index contributed by atoms with van der Waals surface area (Å²) in [5.41, 5.74) is 0.432. The Balaban J connectivity index is 1.55. The highest BCUT2D eigenvalue weighted by Gasteiger charge is 2.40. The number of carboxylic acid groups (broad SMARTS) is 1. The van der Waals surface area contributed by atoms with Gasteiger partial charge in [-0.15, -0.1) is 0 Å². The summed E-state index contributed by atoms with van der Waals surface area (Å²) in [6, 6.07) is 32.1. The molecular weight excluding hydrogens is 735 g/mol. The van der Waals surface area contributed by atoms with Crippen molar-refractivity contribution in [3.63, 3.8) is 0 Å². The molecule has 12 heteroatoms. The van der Waals surface area contributed by atoms with E-state index in [1.807, 2.05) is 85.5 Å². The Bertz CT molecular complexity index is 1930. The number of amides is 4. The minimum absolute atomic E-state index is 0.0135. The van der Waals surface area contributed by atoms with Gasteiger partial charge in [-0.1, -0.05) is 117 Å². The molecular formula is C46H57N5O7. The Morgan fingerprint density at radius 3 is 1.52 bits per heavy atom. The molecule has 3 atom stereocenters. The Kier molecular flexibility index (Phi) is 15.7. The first kappa shape index (κ1) is 44.7. The molecule has 6 N–H and O–H groups in total. The number of nitrogens with one attached hydrogen (secondary N) is 4. The van der Waals surface area contributed by atoms with Crippen LogP contribution in [0.25, 0.3) is 0 Å². The number of aliphatic carboxylic acids is 1. The van der Waals surface area contributed by atoms with Gasteiger partial charge in [0.05, 0.1) is 6.04 Å². The van der Waals surface area contributed by atoms with Crippen LogP contribution in [0.2, 0.25) is 0 Å². The van der Waals surface area contributed by atoms with Crippen molar-refractivity contribution < 1.29 is 34.2 Å². The second-order valence-electron chi connectivity index (χ2n) is 16.2. The molecule has 0 aliphatic heterocycles. The van der Waals surface area contributed by atoms with Crippen molar-refractivity contribution in [3.8, 4) is 5.75 Å². The number of nitrogens with zero attached hydrogens (tertiary/aromatic N) is 1. The third-order valence-electron chi connectivity index (χ3n) is 9.79. The number of carbonyl (C=O) groups excluding carboxylic acids is 4. The zero-order chi connectivity index (χ0) is 42.5. The zero-order valence-corrected chi connectivity index (χ0v) is 34.2. The van der Waals surface area contributed by atoms with Crippen LogP contribution in [0.3, 0.4) is 0 Å². The van der Waals surface area contributed by atoms with Crippen LogP contribution in [0.4, 0.5) is 0 Å².